The van der Waals surface area contributed by atoms with Gasteiger partial charge in [-0.2, -0.15) is 5.26 Å². The van der Waals surface area contributed by atoms with Crippen molar-refractivity contribution in [3.05, 3.63) is 65.2 Å². The third kappa shape index (κ3) is 2.82. The zero-order valence-corrected chi connectivity index (χ0v) is 10.3. The molecule has 98 valence electrons. The summed E-state index contributed by atoms with van der Waals surface area (Å²) < 4.78 is 0. The minimum atomic E-state index is -1.10. The highest BCUT2D eigenvalue weighted by Crippen LogP contribution is 2.15. The van der Waals surface area contributed by atoms with Crippen molar-refractivity contribution < 1.29 is 14.7 Å². The highest BCUT2D eigenvalue weighted by molar-refractivity contribution is 6.06. The molecular weight excluding hydrogens is 256 g/mol. The van der Waals surface area contributed by atoms with Crippen LogP contribution in [0, 0.1) is 11.3 Å². The van der Waals surface area contributed by atoms with Crippen LogP contribution in [0.1, 0.15) is 26.3 Å². The van der Waals surface area contributed by atoms with Crippen molar-refractivity contribution in [3.8, 4) is 6.07 Å². The standard InChI is InChI=1S/C15H10N2O3/c16-9-12-4-1-2-7-13(12)17-14(18)10-5-3-6-11(8-10)15(19)20/h1-8H,(H,17,18)(H,19,20). The molecule has 20 heavy (non-hydrogen) atoms. The summed E-state index contributed by atoms with van der Waals surface area (Å²) in [5, 5.41) is 20.4. The van der Waals surface area contributed by atoms with Gasteiger partial charge in [0.05, 0.1) is 16.8 Å². The molecule has 2 aromatic rings. The molecule has 2 aromatic carbocycles. The molecule has 1 amide bonds. The molecule has 5 nitrogen and oxygen atoms in total. The number of carboxylic acid groups (broad SMARTS) is 1. The SMILES string of the molecule is N#Cc1ccccc1NC(=O)c1cccc(C(=O)O)c1. The van der Waals surface area contributed by atoms with E-state index in [0.717, 1.165) is 0 Å². The molecule has 2 N–H and O–H groups in total. The Balaban J connectivity index is 2.27. The molecule has 0 aliphatic heterocycles. The maximum atomic E-state index is 12.0. The fourth-order valence-electron chi connectivity index (χ4n) is 1.68. The maximum absolute atomic E-state index is 12.0. The molecule has 5 heteroatoms. The van der Waals surface area contributed by atoms with Crippen LogP contribution in [0.5, 0.6) is 0 Å². The molecule has 0 bridgehead atoms. The molecule has 0 spiro atoms. The van der Waals surface area contributed by atoms with Crippen LogP contribution < -0.4 is 5.32 Å². The summed E-state index contributed by atoms with van der Waals surface area (Å²) in [7, 11) is 0. The fourth-order valence-corrected chi connectivity index (χ4v) is 1.68. The predicted octanol–water partition coefficient (Wildman–Crippen LogP) is 2.51. The number of nitriles is 1. The predicted molar refractivity (Wildman–Crippen MR) is 72.5 cm³/mol. The number of nitrogens with one attached hydrogen (secondary N) is 1. The summed E-state index contributed by atoms with van der Waals surface area (Å²) in [6.07, 6.45) is 0. The van der Waals surface area contributed by atoms with Gasteiger partial charge in [-0.25, -0.2) is 4.79 Å². The Bertz CT molecular complexity index is 717. The van der Waals surface area contributed by atoms with Crippen molar-refractivity contribution in [2.75, 3.05) is 5.32 Å². The number of nitrogens with zero attached hydrogens (tertiary/aromatic N) is 1. The zero-order valence-electron chi connectivity index (χ0n) is 10.3. The highest BCUT2D eigenvalue weighted by atomic mass is 16.4. The van der Waals surface area contributed by atoms with Gasteiger partial charge in [-0.05, 0) is 30.3 Å². The van der Waals surface area contributed by atoms with Crippen molar-refractivity contribution >= 4 is 17.6 Å². The number of carbonyl (C=O) groups is 2. The van der Waals surface area contributed by atoms with E-state index in [1.807, 2.05) is 6.07 Å². The number of carbonyl (C=O) groups excluding carboxylic acids is 1. The smallest absolute Gasteiger partial charge is 0.335 e. The lowest BCUT2D eigenvalue weighted by atomic mass is 10.1. The summed E-state index contributed by atoms with van der Waals surface area (Å²) >= 11 is 0. The first kappa shape index (κ1) is 13.3. The molecule has 0 aliphatic rings. The van der Waals surface area contributed by atoms with Crippen LogP contribution in [0.2, 0.25) is 0 Å². The van der Waals surface area contributed by atoms with E-state index in [-0.39, 0.29) is 11.1 Å². The Hall–Kier alpha value is -3.13. The number of para-hydroxylation sites is 1. The van der Waals surface area contributed by atoms with Gasteiger partial charge >= 0.3 is 5.97 Å². The van der Waals surface area contributed by atoms with Crippen molar-refractivity contribution in [2.24, 2.45) is 0 Å². The van der Waals surface area contributed by atoms with Crippen LogP contribution >= 0.6 is 0 Å². The number of rotatable bonds is 3. The highest BCUT2D eigenvalue weighted by Gasteiger charge is 2.11. The lowest BCUT2D eigenvalue weighted by Gasteiger charge is -2.07. The summed E-state index contributed by atoms with van der Waals surface area (Å²) in [4.78, 5) is 22.9. The maximum Gasteiger partial charge on any atom is 0.335 e. The molecule has 0 aliphatic carbocycles. The molecule has 0 heterocycles. The zero-order chi connectivity index (χ0) is 14.5. The molecule has 0 fully saturated rings. The molecule has 0 atom stereocenters. The first-order chi connectivity index (χ1) is 9.61. The Morgan fingerprint density at radius 1 is 1.05 bits per heavy atom. The number of aromatic carboxylic acids is 1. The van der Waals surface area contributed by atoms with Crippen molar-refractivity contribution in [1.29, 1.82) is 5.26 Å². The van der Waals surface area contributed by atoms with E-state index in [1.54, 1.807) is 24.3 Å². The van der Waals surface area contributed by atoms with Gasteiger partial charge in [-0.3, -0.25) is 4.79 Å². The lowest BCUT2D eigenvalue weighted by molar-refractivity contribution is 0.0697. The average molecular weight is 266 g/mol. The number of anilines is 1. The first-order valence-electron chi connectivity index (χ1n) is 5.75. The van der Waals surface area contributed by atoms with Crippen LogP contribution in [-0.4, -0.2) is 17.0 Å². The van der Waals surface area contributed by atoms with E-state index in [2.05, 4.69) is 5.32 Å². The Labute approximate surface area is 115 Å². The second-order valence-corrected chi connectivity index (χ2v) is 4.00. The lowest BCUT2D eigenvalue weighted by Crippen LogP contribution is -2.13. The van der Waals surface area contributed by atoms with E-state index in [0.29, 0.717) is 11.3 Å². The largest absolute Gasteiger partial charge is 0.478 e. The van der Waals surface area contributed by atoms with Gasteiger partial charge in [0.25, 0.3) is 5.91 Å². The van der Waals surface area contributed by atoms with E-state index >= 15 is 0 Å². The Morgan fingerprint density at radius 2 is 1.75 bits per heavy atom. The molecule has 0 unspecified atom stereocenters. The van der Waals surface area contributed by atoms with Crippen molar-refractivity contribution in [2.45, 2.75) is 0 Å². The van der Waals surface area contributed by atoms with E-state index < -0.39 is 11.9 Å². The minimum absolute atomic E-state index is 0.0335. The molecule has 0 aromatic heterocycles. The summed E-state index contributed by atoms with van der Waals surface area (Å²) in [5.74, 6) is -1.56. The van der Waals surface area contributed by atoms with Crippen LogP contribution in [0.4, 0.5) is 5.69 Å². The summed E-state index contributed by atoms with van der Waals surface area (Å²) in [5.41, 5.74) is 0.986. The molecule has 2 rings (SSSR count). The molecular formula is C15H10N2O3. The Morgan fingerprint density at radius 3 is 2.45 bits per heavy atom. The topological polar surface area (TPSA) is 90.2 Å². The summed E-state index contributed by atoms with van der Waals surface area (Å²) in [6.45, 7) is 0. The Kier molecular flexibility index (Phi) is 3.77. The van der Waals surface area contributed by atoms with Gasteiger partial charge in [0, 0.05) is 5.56 Å². The van der Waals surface area contributed by atoms with Gasteiger partial charge < -0.3 is 10.4 Å². The van der Waals surface area contributed by atoms with Gasteiger partial charge in [-0.15, -0.1) is 0 Å². The minimum Gasteiger partial charge on any atom is -0.478 e. The van der Waals surface area contributed by atoms with Gasteiger partial charge in [-0.1, -0.05) is 18.2 Å². The number of carboxylic acids is 1. The quantitative estimate of drug-likeness (QED) is 0.893. The van der Waals surface area contributed by atoms with E-state index in [4.69, 9.17) is 10.4 Å². The number of benzene rings is 2. The first-order valence-corrected chi connectivity index (χ1v) is 5.75. The number of hydrogen-bond donors (Lipinski definition) is 2. The fraction of sp³-hybridized carbons (Fsp3) is 0. The monoisotopic (exact) mass is 266 g/mol. The second-order valence-electron chi connectivity index (χ2n) is 4.00. The van der Waals surface area contributed by atoms with Crippen LogP contribution in [0.3, 0.4) is 0 Å². The van der Waals surface area contributed by atoms with Crippen LogP contribution in [-0.2, 0) is 0 Å². The van der Waals surface area contributed by atoms with Crippen molar-refractivity contribution in [3.63, 3.8) is 0 Å². The van der Waals surface area contributed by atoms with Gasteiger partial charge in [0.15, 0.2) is 0 Å². The normalized spacial score (nSPS) is 9.55. The van der Waals surface area contributed by atoms with E-state index in [9.17, 15) is 9.59 Å². The second kappa shape index (κ2) is 5.67. The molecule has 0 saturated carbocycles. The third-order valence-corrected chi connectivity index (χ3v) is 2.67. The number of hydrogen-bond acceptors (Lipinski definition) is 3. The van der Waals surface area contributed by atoms with Gasteiger partial charge in [0.1, 0.15) is 6.07 Å². The van der Waals surface area contributed by atoms with Crippen LogP contribution in [0.25, 0.3) is 0 Å². The van der Waals surface area contributed by atoms with Gasteiger partial charge in [0.2, 0.25) is 0 Å². The van der Waals surface area contributed by atoms with E-state index in [1.165, 1.54) is 24.3 Å². The average Bonchev–Trinajstić information content (AvgIpc) is 2.48. The number of amides is 1. The third-order valence-electron chi connectivity index (χ3n) is 2.67. The van der Waals surface area contributed by atoms with Crippen LogP contribution in [0.15, 0.2) is 48.5 Å². The molecule has 0 radical (unpaired) electrons. The van der Waals surface area contributed by atoms with Crippen molar-refractivity contribution in [1.82, 2.24) is 0 Å². The summed E-state index contributed by atoms with van der Waals surface area (Å²) in [6, 6.07) is 14.3. The molecule has 0 saturated heterocycles.